The molecule has 3 atom stereocenters. The smallest absolute Gasteiger partial charge is 0.271 e. The molecule has 35 heavy (non-hydrogen) atoms. The minimum Gasteiger partial charge on any atom is -0.496 e. The number of nitrogens with one attached hydrogen (secondary N) is 3. The molecular formula is C26H25N5O4. The predicted molar refractivity (Wildman–Crippen MR) is 127 cm³/mol. The van der Waals surface area contributed by atoms with Crippen molar-refractivity contribution in [1.29, 1.82) is 5.26 Å². The van der Waals surface area contributed by atoms with Crippen LogP contribution in [-0.2, 0) is 16.1 Å². The van der Waals surface area contributed by atoms with Crippen LogP contribution in [0.2, 0.25) is 0 Å². The Hall–Kier alpha value is -4.32. The zero-order chi connectivity index (χ0) is 24.5. The summed E-state index contributed by atoms with van der Waals surface area (Å²) >= 11 is 0. The SMILES string of the molecule is COc1cccc2[nH]c(C(=O)N3Cc4ccccc4C3C(=O)NC(C#N)CC3CCNC3=O)cc12. The van der Waals surface area contributed by atoms with Crippen molar-refractivity contribution in [3.05, 3.63) is 65.4 Å². The van der Waals surface area contributed by atoms with Gasteiger partial charge < -0.3 is 25.3 Å². The van der Waals surface area contributed by atoms with E-state index in [1.165, 1.54) is 4.90 Å². The number of hydrogen-bond acceptors (Lipinski definition) is 5. The molecule has 1 aromatic heterocycles. The third-order valence-electron chi connectivity index (χ3n) is 6.74. The van der Waals surface area contributed by atoms with Crippen molar-refractivity contribution in [1.82, 2.24) is 20.5 Å². The Morgan fingerprint density at radius 1 is 1.26 bits per heavy atom. The van der Waals surface area contributed by atoms with E-state index in [9.17, 15) is 19.6 Å². The van der Waals surface area contributed by atoms with Crippen LogP contribution < -0.4 is 15.4 Å². The topological polar surface area (TPSA) is 127 Å². The largest absolute Gasteiger partial charge is 0.496 e. The first-order valence-corrected chi connectivity index (χ1v) is 11.5. The van der Waals surface area contributed by atoms with Gasteiger partial charge in [0.1, 0.15) is 23.5 Å². The summed E-state index contributed by atoms with van der Waals surface area (Å²) in [6, 6.07) is 15.0. The molecule has 0 radical (unpaired) electrons. The molecule has 1 saturated heterocycles. The van der Waals surface area contributed by atoms with Gasteiger partial charge in [0.15, 0.2) is 0 Å². The van der Waals surface area contributed by atoms with Crippen LogP contribution in [0.15, 0.2) is 48.5 Å². The Bertz CT molecular complexity index is 1360. The van der Waals surface area contributed by atoms with Gasteiger partial charge in [-0.1, -0.05) is 30.3 Å². The van der Waals surface area contributed by atoms with Crippen LogP contribution in [-0.4, -0.2) is 47.3 Å². The first kappa shape index (κ1) is 22.5. The van der Waals surface area contributed by atoms with Crippen LogP contribution in [0.3, 0.4) is 0 Å². The number of hydrogen-bond donors (Lipinski definition) is 3. The Kier molecular flexibility index (Phi) is 5.87. The lowest BCUT2D eigenvalue weighted by Crippen LogP contribution is -2.44. The van der Waals surface area contributed by atoms with Crippen molar-refractivity contribution >= 4 is 28.6 Å². The fourth-order valence-corrected chi connectivity index (χ4v) is 4.98. The van der Waals surface area contributed by atoms with Crippen LogP contribution in [0.5, 0.6) is 5.75 Å². The molecule has 3 N–H and O–H groups in total. The van der Waals surface area contributed by atoms with Crippen LogP contribution in [0.4, 0.5) is 0 Å². The molecule has 3 amide bonds. The number of ether oxygens (including phenoxy) is 1. The Morgan fingerprint density at radius 3 is 2.83 bits per heavy atom. The second-order valence-electron chi connectivity index (χ2n) is 8.84. The zero-order valence-electron chi connectivity index (χ0n) is 19.2. The van der Waals surface area contributed by atoms with Crippen molar-refractivity contribution in [2.75, 3.05) is 13.7 Å². The fraction of sp³-hybridized carbons (Fsp3) is 0.308. The minimum absolute atomic E-state index is 0.100. The molecule has 0 aliphatic carbocycles. The van der Waals surface area contributed by atoms with Crippen molar-refractivity contribution in [3.8, 4) is 11.8 Å². The highest BCUT2D eigenvalue weighted by Crippen LogP contribution is 2.36. The van der Waals surface area contributed by atoms with Gasteiger partial charge in [-0.3, -0.25) is 14.4 Å². The van der Waals surface area contributed by atoms with Gasteiger partial charge in [0.25, 0.3) is 5.91 Å². The van der Waals surface area contributed by atoms with Gasteiger partial charge in [-0.2, -0.15) is 5.26 Å². The maximum absolute atomic E-state index is 13.6. The Morgan fingerprint density at radius 2 is 2.09 bits per heavy atom. The highest BCUT2D eigenvalue weighted by molar-refractivity contribution is 6.02. The number of benzene rings is 2. The van der Waals surface area contributed by atoms with Crippen LogP contribution >= 0.6 is 0 Å². The molecule has 9 heteroatoms. The number of H-pyrrole nitrogens is 1. The lowest BCUT2D eigenvalue weighted by molar-refractivity contribution is -0.127. The fourth-order valence-electron chi connectivity index (χ4n) is 4.98. The normalized spacial score (nSPS) is 19.7. The van der Waals surface area contributed by atoms with Gasteiger partial charge in [0.2, 0.25) is 11.8 Å². The molecule has 5 rings (SSSR count). The van der Waals surface area contributed by atoms with Gasteiger partial charge in [-0.15, -0.1) is 0 Å². The van der Waals surface area contributed by atoms with Crippen LogP contribution in [0.25, 0.3) is 10.9 Å². The third-order valence-corrected chi connectivity index (χ3v) is 6.74. The van der Waals surface area contributed by atoms with Crippen molar-refractivity contribution in [2.45, 2.75) is 31.5 Å². The van der Waals surface area contributed by atoms with E-state index < -0.39 is 18.0 Å². The number of rotatable bonds is 6. The van der Waals surface area contributed by atoms with E-state index in [0.717, 1.165) is 22.0 Å². The third kappa shape index (κ3) is 4.08. The predicted octanol–water partition coefficient (Wildman–Crippen LogP) is 2.41. The molecule has 0 saturated carbocycles. The molecule has 0 spiro atoms. The highest BCUT2D eigenvalue weighted by atomic mass is 16.5. The summed E-state index contributed by atoms with van der Waals surface area (Å²) in [6.07, 6.45) is 0.867. The number of amides is 3. The van der Waals surface area contributed by atoms with E-state index in [1.54, 1.807) is 13.2 Å². The first-order valence-electron chi connectivity index (χ1n) is 11.5. The standard InChI is InChI=1S/C26H25N5O4/c1-35-22-8-4-7-20-19(22)12-21(30-20)26(34)31-14-16-5-2-3-6-18(16)23(31)25(33)29-17(13-27)11-15-9-10-28-24(15)32/h2-8,12,15,17,23,30H,9-11,14H2,1H3,(H,28,32)(H,29,33). The lowest BCUT2D eigenvalue weighted by Gasteiger charge is -2.25. The molecule has 0 bridgehead atoms. The summed E-state index contributed by atoms with van der Waals surface area (Å²) < 4.78 is 5.41. The van der Waals surface area contributed by atoms with Crippen molar-refractivity contribution in [3.63, 3.8) is 0 Å². The van der Waals surface area contributed by atoms with Crippen LogP contribution in [0, 0.1) is 17.2 Å². The molecule has 9 nitrogen and oxygen atoms in total. The van der Waals surface area contributed by atoms with E-state index in [4.69, 9.17) is 4.74 Å². The van der Waals surface area contributed by atoms with Gasteiger partial charge >= 0.3 is 0 Å². The molecule has 2 aliphatic heterocycles. The number of carbonyl (C=O) groups is 3. The summed E-state index contributed by atoms with van der Waals surface area (Å²) in [6.45, 7) is 0.838. The quantitative estimate of drug-likeness (QED) is 0.509. The molecule has 3 aromatic rings. The average Bonchev–Trinajstić information content (AvgIpc) is 3.59. The Labute approximate surface area is 202 Å². The molecular weight excluding hydrogens is 446 g/mol. The minimum atomic E-state index is -0.889. The average molecular weight is 472 g/mol. The van der Waals surface area contributed by atoms with E-state index >= 15 is 0 Å². The summed E-state index contributed by atoms with van der Waals surface area (Å²) in [5.74, 6) is -0.540. The van der Waals surface area contributed by atoms with E-state index in [0.29, 0.717) is 24.4 Å². The molecule has 2 aliphatic rings. The van der Waals surface area contributed by atoms with Gasteiger partial charge in [-0.05, 0) is 42.2 Å². The zero-order valence-corrected chi connectivity index (χ0v) is 19.2. The second-order valence-corrected chi connectivity index (χ2v) is 8.84. The Balaban J connectivity index is 1.42. The summed E-state index contributed by atoms with van der Waals surface area (Å²) in [4.78, 5) is 43.7. The number of carbonyl (C=O) groups excluding carboxylic acids is 3. The number of nitriles is 1. The second kappa shape index (κ2) is 9.14. The molecule has 2 aromatic carbocycles. The van der Waals surface area contributed by atoms with E-state index in [2.05, 4.69) is 21.7 Å². The maximum Gasteiger partial charge on any atom is 0.271 e. The van der Waals surface area contributed by atoms with Gasteiger partial charge in [0, 0.05) is 29.9 Å². The first-order chi connectivity index (χ1) is 17.0. The van der Waals surface area contributed by atoms with Crippen molar-refractivity contribution < 1.29 is 19.1 Å². The molecule has 178 valence electrons. The number of nitrogens with zero attached hydrogens (tertiary/aromatic N) is 2. The van der Waals surface area contributed by atoms with Gasteiger partial charge in [0.05, 0.1) is 13.2 Å². The van der Waals surface area contributed by atoms with E-state index in [-0.39, 0.29) is 30.7 Å². The number of aromatic amines is 1. The monoisotopic (exact) mass is 471 g/mol. The summed E-state index contributed by atoms with van der Waals surface area (Å²) in [7, 11) is 1.57. The summed E-state index contributed by atoms with van der Waals surface area (Å²) in [5, 5.41) is 15.9. The van der Waals surface area contributed by atoms with E-state index in [1.807, 2.05) is 42.5 Å². The van der Waals surface area contributed by atoms with Crippen LogP contribution in [0.1, 0.15) is 40.5 Å². The number of methoxy groups -OCH3 is 1. The molecule has 3 heterocycles. The summed E-state index contributed by atoms with van der Waals surface area (Å²) in [5.41, 5.74) is 2.69. The number of fused-ring (bicyclic) bond motifs is 2. The lowest BCUT2D eigenvalue weighted by atomic mass is 9.98. The molecule has 3 unspecified atom stereocenters. The highest BCUT2D eigenvalue weighted by Gasteiger charge is 2.40. The molecule has 1 fully saturated rings. The maximum atomic E-state index is 13.6. The van der Waals surface area contributed by atoms with Crippen molar-refractivity contribution in [2.24, 2.45) is 5.92 Å². The number of aromatic nitrogens is 1. The van der Waals surface area contributed by atoms with Gasteiger partial charge in [-0.25, -0.2) is 0 Å².